The highest BCUT2D eigenvalue weighted by Gasteiger charge is 2.81. The number of morpholine rings is 1. The van der Waals surface area contributed by atoms with E-state index >= 15 is 0 Å². The Balaban J connectivity index is 1.06. The van der Waals surface area contributed by atoms with E-state index in [9.17, 15) is 15.0 Å². The molecule has 13 atom stereocenters. The van der Waals surface area contributed by atoms with E-state index in [1.165, 1.54) is 45.4 Å². The van der Waals surface area contributed by atoms with Crippen LogP contribution in [0.1, 0.15) is 126 Å². The molecule has 3 heterocycles. The van der Waals surface area contributed by atoms with Crippen molar-refractivity contribution < 1.29 is 38.7 Å². The van der Waals surface area contributed by atoms with E-state index in [4.69, 9.17) is 23.7 Å². The number of hydrogen-bond acceptors (Lipinski definition) is 9. The lowest BCUT2D eigenvalue weighted by molar-refractivity contribution is -0.217. The molecule has 1 spiro atoms. The minimum atomic E-state index is -1.25. The Hall–Kier alpha value is -0.810. The fourth-order valence-corrected chi connectivity index (χ4v) is 13.5. The van der Waals surface area contributed by atoms with Gasteiger partial charge in [0.15, 0.2) is 12.4 Å². The van der Waals surface area contributed by atoms with Crippen molar-refractivity contribution in [2.75, 3.05) is 32.9 Å². The van der Waals surface area contributed by atoms with Gasteiger partial charge in [0.25, 0.3) is 0 Å². The number of rotatable bonds is 10. The summed E-state index contributed by atoms with van der Waals surface area (Å²) < 4.78 is 31.2. The van der Waals surface area contributed by atoms with Gasteiger partial charge >= 0.3 is 5.97 Å². The van der Waals surface area contributed by atoms with E-state index in [1.54, 1.807) is 13.8 Å². The van der Waals surface area contributed by atoms with Crippen molar-refractivity contribution in [1.29, 1.82) is 0 Å². The van der Waals surface area contributed by atoms with Crippen LogP contribution in [-0.2, 0) is 28.5 Å². The van der Waals surface area contributed by atoms with Gasteiger partial charge < -0.3 is 33.9 Å². The minimum Gasteiger partial charge on any atom is -0.457 e. The van der Waals surface area contributed by atoms with Crippen LogP contribution < -0.4 is 0 Å². The SMILES string of the molecule is CC(=O)OC(C1CC(C)C2C(O1)C(O)C1(C)C3CCCC4(CCC(OC5CN(C6CCOCC6)CCO5)C(C)C)CC34CCC21C)C(C)(C)O. The molecule has 0 amide bonds. The first-order valence-electron chi connectivity index (χ1n) is 20.4. The van der Waals surface area contributed by atoms with Crippen molar-refractivity contribution in [2.24, 2.45) is 45.3 Å². The Morgan fingerprint density at radius 2 is 1.82 bits per heavy atom. The van der Waals surface area contributed by atoms with Gasteiger partial charge in [0, 0.05) is 44.7 Å². The molecule has 9 heteroatoms. The molecule has 0 aromatic rings. The standard InChI is InChI=1S/C41H69NO8/c1-25(2)29(49-32-23-42(18-21-47-32)28-12-19-46-20-13-28)11-15-40-14-9-10-31-39(8)35(44)34-33(38(39,7)16-17-41(31,40)24-40)26(3)22-30(50-34)36(37(5,6)45)48-27(4)43/h25-26,28-36,44-45H,9-24H2,1-8H3. The topological polar surface area (TPSA) is 107 Å². The van der Waals surface area contributed by atoms with Crippen LogP contribution in [0.2, 0.25) is 0 Å². The highest BCUT2D eigenvalue weighted by Crippen LogP contribution is 2.86. The first kappa shape index (κ1) is 37.5. The zero-order valence-corrected chi connectivity index (χ0v) is 32.5. The van der Waals surface area contributed by atoms with E-state index in [-0.39, 0.29) is 46.6 Å². The monoisotopic (exact) mass is 704 g/mol. The summed E-state index contributed by atoms with van der Waals surface area (Å²) in [5.41, 5.74) is -0.976. The van der Waals surface area contributed by atoms with Crippen LogP contribution >= 0.6 is 0 Å². The van der Waals surface area contributed by atoms with Crippen molar-refractivity contribution in [3.63, 3.8) is 0 Å². The van der Waals surface area contributed by atoms with Crippen LogP contribution in [-0.4, -0.2) is 102 Å². The van der Waals surface area contributed by atoms with Gasteiger partial charge in [-0.2, -0.15) is 0 Å². The molecule has 0 bridgehead atoms. The fourth-order valence-electron chi connectivity index (χ4n) is 13.5. The molecular formula is C41H69NO8. The Bertz CT molecular complexity index is 1230. The van der Waals surface area contributed by atoms with Crippen LogP contribution in [0.5, 0.6) is 0 Å². The third kappa shape index (κ3) is 6.03. The second-order valence-electron chi connectivity index (χ2n) is 19.4. The molecule has 50 heavy (non-hydrogen) atoms. The number of esters is 1. The quantitative estimate of drug-likeness (QED) is 0.261. The first-order chi connectivity index (χ1) is 23.6. The number of hydrogen-bond donors (Lipinski definition) is 2. The first-order valence-corrected chi connectivity index (χ1v) is 20.4. The Morgan fingerprint density at radius 1 is 1.08 bits per heavy atom. The van der Waals surface area contributed by atoms with Gasteiger partial charge in [-0.3, -0.25) is 9.69 Å². The van der Waals surface area contributed by atoms with Crippen molar-refractivity contribution in [3.05, 3.63) is 0 Å². The van der Waals surface area contributed by atoms with Gasteiger partial charge in [-0.05, 0) is 118 Å². The largest absolute Gasteiger partial charge is 0.457 e. The summed E-state index contributed by atoms with van der Waals surface area (Å²) in [7, 11) is 0. The summed E-state index contributed by atoms with van der Waals surface area (Å²) in [6.45, 7) is 20.8. The van der Waals surface area contributed by atoms with Crippen LogP contribution in [0.25, 0.3) is 0 Å². The summed E-state index contributed by atoms with van der Waals surface area (Å²) in [5, 5.41) is 23.6. The average Bonchev–Trinajstić information content (AvgIpc) is 3.70. The fraction of sp³-hybridized carbons (Fsp3) is 0.976. The van der Waals surface area contributed by atoms with Gasteiger partial charge in [-0.1, -0.05) is 41.0 Å². The van der Waals surface area contributed by atoms with E-state index in [2.05, 4.69) is 39.5 Å². The van der Waals surface area contributed by atoms with E-state index < -0.39 is 29.9 Å². The minimum absolute atomic E-state index is 0.0487. The van der Waals surface area contributed by atoms with Gasteiger partial charge in [-0.15, -0.1) is 0 Å². The molecule has 0 aromatic carbocycles. The highest BCUT2D eigenvalue weighted by molar-refractivity contribution is 5.66. The predicted octanol–water partition coefficient (Wildman–Crippen LogP) is 6.12. The maximum atomic E-state index is 12.6. The molecule has 7 fully saturated rings. The molecule has 286 valence electrons. The summed E-state index contributed by atoms with van der Waals surface area (Å²) in [6, 6.07) is 0.574. The number of carbonyl (C=O) groups excluding carboxylic acids is 1. The molecule has 0 radical (unpaired) electrons. The maximum Gasteiger partial charge on any atom is 0.303 e. The van der Waals surface area contributed by atoms with E-state index in [0.29, 0.717) is 29.7 Å². The average molecular weight is 704 g/mol. The molecule has 7 rings (SSSR count). The lowest BCUT2D eigenvalue weighted by Crippen LogP contribution is -2.56. The molecule has 3 saturated heterocycles. The Morgan fingerprint density at radius 3 is 2.50 bits per heavy atom. The number of aliphatic hydroxyl groups is 2. The molecule has 3 aliphatic heterocycles. The predicted molar refractivity (Wildman–Crippen MR) is 190 cm³/mol. The lowest BCUT2D eigenvalue weighted by atomic mass is 9.44. The summed E-state index contributed by atoms with van der Waals surface area (Å²) in [6.07, 6.45) is 10.2. The second kappa shape index (κ2) is 13.5. The molecule has 4 saturated carbocycles. The number of carbonyl (C=O) groups is 1. The molecule has 7 aliphatic rings. The molecule has 4 aliphatic carbocycles. The highest BCUT2D eigenvalue weighted by atomic mass is 16.7. The van der Waals surface area contributed by atoms with Crippen LogP contribution in [0.4, 0.5) is 0 Å². The Labute approximate surface area is 301 Å². The molecule has 0 aromatic heterocycles. The van der Waals surface area contributed by atoms with Crippen molar-refractivity contribution in [3.8, 4) is 0 Å². The van der Waals surface area contributed by atoms with Crippen molar-refractivity contribution in [2.45, 2.75) is 174 Å². The van der Waals surface area contributed by atoms with Crippen molar-refractivity contribution >= 4 is 5.97 Å². The normalized spacial score (nSPS) is 46.3. The second-order valence-corrected chi connectivity index (χ2v) is 19.4. The van der Waals surface area contributed by atoms with Gasteiger partial charge in [0.05, 0.1) is 36.6 Å². The molecule has 2 N–H and O–H groups in total. The van der Waals surface area contributed by atoms with Crippen LogP contribution in [0.15, 0.2) is 0 Å². The lowest BCUT2D eigenvalue weighted by Gasteiger charge is -2.60. The molecular weight excluding hydrogens is 634 g/mol. The van der Waals surface area contributed by atoms with Crippen LogP contribution in [0.3, 0.4) is 0 Å². The maximum absolute atomic E-state index is 12.6. The third-order valence-corrected chi connectivity index (χ3v) is 16.1. The van der Waals surface area contributed by atoms with E-state index in [0.717, 1.165) is 58.6 Å². The number of nitrogens with zero attached hydrogens (tertiary/aromatic N) is 1. The molecule has 9 nitrogen and oxygen atoms in total. The van der Waals surface area contributed by atoms with Gasteiger partial charge in [-0.25, -0.2) is 0 Å². The summed E-state index contributed by atoms with van der Waals surface area (Å²) >= 11 is 0. The Kier molecular flexibility index (Phi) is 10.1. The third-order valence-electron chi connectivity index (χ3n) is 16.1. The number of aliphatic hydroxyl groups excluding tert-OH is 1. The van der Waals surface area contributed by atoms with Crippen molar-refractivity contribution in [1.82, 2.24) is 4.90 Å². The zero-order valence-electron chi connectivity index (χ0n) is 32.5. The van der Waals surface area contributed by atoms with Gasteiger partial charge in [0.2, 0.25) is 0 Å². The number of fused-ring (bicyclic) bond motifs is 4. The number of ether oxygens (including phenoxy) is 5. The zero-order chi connectivity index (χ0) is 35.9. The van der Waals surface area contributed by atoms with E-state index in [1.807, 2.05) is 0 Å². The van der Waals surface area contributed by atoms with Gasteiger partial charge in [0.1, 0.15) is 0 Å². The smallest absolute Gasteiger partial charge is 0.303 e. The molecule has 13 unspecified atom stereocenters. The summed E-state index contributed by atoms with van der Waals surface area (Å²) in [4.78, 5) is 14.7. The summed E-state index contributed by atoms with van der Waals surface area (Å²) in [5.74, 6) is 0.943. The van der Waals surface area contributed by atoms with Crippen LogP contribution in [0, 0.1) is 45.3 Å².